The lowest BCUT2D eigenvalue weighted by Crippen LogP contribution is -2.30. The van der Waals surface area contributed by atoms with Gasteiger partial charge in [0.15, 0.2) is 6.10 Å². The minimum atomic E-state index is -0.796. The average molecular weight is 881 g/mol. The van der Waals surface area contributed by atoms with Crippen molar-refractivity contribution >= 4 is 17.9 Å². The van der Waals surface area contributed by atoms with Crippen LogP contribution in [-0.2, 0) is 28.6 Å². The third kappa shape index (κ3) is 50.0. The van der Waals surface area contributed by atoms with E-state index in [1.54, 1.807) is 0 Å². The Balaban J connectivity index is 4.44. The lowest BCUT2D eigenvalue weighted by Gasteiger charge is -2.18. The maximum atomic E-state index is 12.8. The number of esters is 3. The van der Waals surface area contributed by atoms with Crippen molar-refractivity contribution in [3.05, 3.63) is 60.8 Å². The van der Waals surface area contributed by atoms with Crippen molar-refractivity contribution in [1.29, 1.82) is 0 Å². The van der Waals surface area contributed by atoms with E-state index < -0.39 is 6.10 Å². The fourth-order valence-electron chi connectivity index (χ4n) is 7.49. The third-order valence-electron chi connectivity index (χ3n) is 11.5. The molecule has 0 aliphatic rings. The molecular formula is C57H100O6. The highest BCUT2D eigenvalue weighted by Crippen LogP contribution is 2.15. The fourth-order valence-corrected chi connectivity index (χ4v) is 7.49. The standard InChI is InChI=1S/C57H100O6/c1-4-7-10-13-16-19-22-25-28-30-32-35-38-41-44-47-50-56(59)62-53-54(52-61-55(58)49-46-43-40-37-34-31-27-24-21-18-15-12-9-6-3)63-57(60)51-48-45-42-39-36-33-29-26-23-20-17-14-11-8-5-2/h8,11,17,20,26,28-30,36,39,54H,4-7,9-10,12-16,18-19,21-25,27,31-35,37-38,40-53H2,1-3H3/b11-8-,20-17-,29-26-,30-28-,39-36-. The molecule has 0 bridgehead atoms. The van der Waals surface area contributed by atoms with Crippen molar-refractivity contribution in [1.82, 2.24) is 0 Å². The third-order valence-corrected chi connectivity index (χ3v) is 11.5. The summed E-state index contributed by atoms with van der Waals surface area (Å²) >= 11 is 0. The van der Waals surface area contributed by atoms with Gasteiger partial charge in [0.2, 0.25) is 0 Å². The van der Waals surface area contributed by atoms with E-state index in [-0.39, 0.29) is 37.5 Å². The smallest absolute Gasteiger partial charge is 0.306 e. The van der Waals surface area contributed by atoms with E-state index in [4.69, 9.17) is 14.2 Å². The van der Waals surface area contributed by atoms with Gasteiger partial charge < -0.3 is 14.2 Å². The van der Waals surface area contributed by atoms with Gasteiger partial charge in [0.05, 0.1) is 0 Å². The Kier molecular flexibility index (Phi) is 49.4. The highest BCUT2D eigenvalue weighted by molar-refractivity contribution is 5.71. The SMILES string of the molecule is CC/C=C\C/C=C\C/C=C\C/C=C\CCCCC(=O)OC(COC(=O)CCCCCCC/C=C\CCCCCCCCC)COC(=O)CCCCCCCCCCCCCCCC. The van der Waals surface area contributed by atoms with Gasteiger partial charge in [-0.05, 0) is 83.5 Å². The van der Waals surface area contributed by atoms with Gasteiger partial charge in [-0.15, -0.1) is 0 Å². The summed E-state index contributed by atoms with van der Waals surface area (Å²) in [6.45, 7) is 6.50. The van der Waals surface area contributed by atoms with Crippen LogP contribution >= 0.6 is 0 Å². The topological polar surface area (TPSA) is 78.9 Å². The molecule has 63 heavy (non-hydrogen) atoms. The first-order valence-corrected chi connectivity index (χ1v) is 26.8. The number of unbranched alkanes of at least 4 members (excludes halogenated alkanes) is 27. The highest BCUT2D eigenvalue weighted by Gasteiger charge is 2.19. The van der Waals surface area contributed by atoms with Gasteiger partial charge in [-0.3, -0.25) is 14.4 Å². The van der Waals surface area contributed by atoms with E-state index in [1.807, 2.05) is 0 Å². The van der Waals surface area contributed by atoms with Crippen molar-refractivity contribution in [3.8, 4) is 0 Å². The maximum absolute atomic E-state index is 12.8. The van der Waals surface area contributed by atoms with E-state index in [1.165, 1.54) is 135 Å². The Labute approximate surface area is 390 Å². The molecule has 0 radical (unpaired) electrons. The lowest BCUT2D eigenvalue weighted by molar-refractivity contribution is -0.167. The van der Waals surface area contributed by atoms with Crippen molar-refractivity contribution in [2.24, 2.45) is 0 Å². The van der Waals surface area contributed by atoms with Gasteiger partial charge in [0.1, 0.15) is 13.2 Å². The van der Waals surface area contributed by atoms with Crippen LogP contribution in [0.15, 0.2) is 60.8 Å². The van der Waals surface area contributed by atoms with Gasteiger partial charge in [-0.2, -0.15) is 0 Å². The van der Waals surface area contributed by atoms with E-state index >= 15 is 0 Å². The number of hydrogen-bond donors (Lipinski definition) is 0. The Morgan fingerprint density at radius 1 is 0.333 bits per heavy atom. The van der Waals surface area contributed by atoms with Gasteiger partial charge in [0, 0.05) is 19.3 Å². The molecular weight excluding hydrogens is 781 g/mol. The minimum Gasteiger partial charge on any atom is -0.462 e. The lowest BCUT2D eigenvalue weighted by atomic mass is 10.0. The summed E-state index contributed by atoms with van der Waals surface area (Å²) in [5, 5.41) is 0. The molecule has 0 saturated carbocycles. The number of rotatable bonds is 48. The van der Waals surface area contributed by atoms with Crippen LogP contribution in [0.3, 0.4) is 0 Å². The molecule has 6 heteroatoms. The molecule has 6 nitrogen and oxygen atoms in total. The predicted octanol–water partition coefficient (Wildman–Crippen LogP) is 17.6. The molecule has 364 valence electrons. The normalized spacial score (nSPS) is 12.5. The zero-order valence-corrected chi connectivity index (χ0v) is 41.6. The summed E-state index contributed by atoms with van der Waals surface area (Å²) in [5.74, 6) is -0.934. The molecule has 0 aromatic rings. The van der Waals surface area contributed by atoms with Crippen LogP contribution < -0.4 is 0 Å². The molecule has 0 aromatic carbocycles. The van der Waals surface area contributed by atoms with Crippen molar-refractivity contribution in [2.45, 2.75) is 271 Å². The van der Waals surface area contributed by atoms with Crippen LogP contribution in [-0.4, -0.2) is 37.2 Å². The summed E-state index contributed by atoms with van der Waals surface area (Å²) in [5.41, 5.74) is 0. The average Bonchev–Trinajstić information content (AvgIpc) is 3.28. The zero-order valence-electron chi connectivity index (χ0n) is 41.6. The molecule has 0 aromatic heterocycles. The van der Waals surface area contributed by atoms with Gasteiger partial charge in [0.25, 0.3) is 0 Å². The van der Waals surface area contributed by atoms with Crippen molar-refractivity contribution in [2.75, 3.05) is 13.2 Å². The van der Waals surface area contributed by atoms with Gasteiger partial charge in [-0.25, -0.2) is 0 Å². The fraction of sp³-hybridized carbons (Fsp3) is 0.772. The monoisotopic (exact) mass is 881 g/mol. The van der Waals surface area contributed by atoms with E-state index in [2.05, 4.69) is 81.5 Å². The second kappa shape index (κ2) is 51.7. The summed E-state index contributed by atoms with van der Waals surface area (Å²) in [6.07, 6.45) is 63.5. The molecule has 0 amide bonds. The summed E-state index contributed by atoms with van der Waals surface area (Å²) in [4.78, 5) is 38.0. The van der Waals surface area contributed by atoms with Crippen molar-refractivity contribution < 1.29 is 28.6 Å². The van der Waals surface area contributed by atoms with E-state index in [0.29, 0.717) is 19.3 Å². The van der Waals surface area contributed by atoms with Crippen LogP contribution in [0.4, 0.5) is 0 Å². The molecule has 0 fully saturated rings. The minimum absolute atomic E-state index is 0.0914. The van der Waals surface area contributed by atoms with Crippen LogP contribution in [0.25, 0.3) is 0 Å². The van der Waals surface area contributed by atoms with Crippen LogP contribution in [0, 0.1) is 0 Å². The number of allylic oxidation sites excluding steroid dienone is 10. The molecule has 0 saturated heterocycles. The number of carbonyl (C=O) groups excluding carboxylic acids is 3. The van der Waals surface area contributed by atoms with E-state index in [0.717, 1.165) is 83.5 Å². The number of hydrogen-bond acceptors (Lipinski definition) is 6. The van der Waals surface area contributed by atoms with E-state index in [9.17, 15) is 14.4 Å². The van der Waals surface area contributed by atoms with Gasteiger partial charge in [-0.1, -0.05) is 223 Å². The second-order valence-corrected chi connectivity index (χ2v) is 17.8. The molecule has 1 atom stereocenters. The highest BCUT2D eigenvalue weighted by atomic mass is 16.6. The number of carbonyl (C=O) groups is 3. The summed E-state index contributed by atoms with van der Waals surface area (Å²) in [6, 6.07) is 0. The largest absolute Gasteiger partial charge is 0.462 e. The molecule has 0 N–H and O–H groups in total. The molecule has 0 aliphatic heterocycles. The predicted molar refractivity (Wildman–Crippen MR) is 270 cm³/mol. The van der Waals surface area contributed by atoms with Gasteiger partial charge >= 0.3 is 17.9 Å². The molecule has 0 rings (SSSR count). The first-order valence-electron chi connectivity index (χ1n) is 26.8. The van der Waals surface area contributed by atoms with Crippen LogP contribution in [0.5, 0.6) is 0 Å². The van der Waals surface area contributed by atoms with Crippen molar-refractivity contribution in [3.63, 3.8) is 0 Å². The molecule has 0 aliphatic carbocycles. The Morgan fingerprint density at radius 3 is 1.02 bits per heavy atom. The number of ether oxygens (including phenoxy) is 3. The Morgan fingerprint density at radius 2 is 0.619 bits per heavy atom. The Bertz CT molecular complexity index is 1150. The summed E-state index contributed by atoms with van der Waals surface area (Å²) in [7, 11) is 0. The Hall–Kier alpha value is -2.89. The second-order valence-electron chi connectivity index (χ2n) is 17.8. The molecule has 0 heterocycles. The van der Waals surface area contributed by atoms with Crippen LogP contribution in [0.2, 0.25) is 0 Å². The molecule has 1 unspecified atom stereocenters. The maximum Gasteiger partial charge on any atom is 0.306 e. The first-order chi connectivity index (χ1) is 31.0. The first kappa shape index (κ1) is 60.1. The quantitative estimate of drug-likeness (QED) is 0.0262. The summed E-state index contributed by atoms with van der Waals surface area (Å²) < 4.78 is 16.8. The zero-order chi connectivity index (χ0) is 45.8. The van der Waals surface area contributed by atoms with Crippen LogP contribution in [0.1, 0.15) is 265 Å². The molecule has 0 spiro atoms.